The maximum Gasteiger partial charge on any atom is 0.328 e. The molecule has 0 saturated carbocycles. The highest BCUT2D eigenvalue weighted by molar-refractivity contribution is 5.79. The van der Waals surface area contributed by atoms with Gasteiger partial charge < -0.3 is 10.1 Å². The van der Waals surface area contributed by atoms with Crippen LogP contribution in [0.2, 0.25) is 0 Å². The van der Waals surface area contributed by atoms with Gasteiger partial charge >= 0.3 is 5.97 Å². The van der Waals surface area contributed by atoms with E-state index >= 15 is 0 Å². The third-order valence-electron chi connectivity index (χ3n) is 3.00. The summed E-state index contributed by atoms with van der Waals surface area (Å²) in [6, 6.07) is 7.55. The number of nitrogens with zero attached hydrogens (tertiary/aromatic N) is 3. The maximum atomic E-state index is 11.5. The molecule has 0 aliphatic carbocycles. The minimum atomic E-state index is -0.318. The second-order valence-electron chi connectivity index (χ2n) is 4.42. The molecule has 0 spiro atoms. The Balaban J connectivity index is 1.99. The number of anilines is 1. The number of aromatic nitrogens is 3. The highest BCUT2D eigenvalue weighted by atomic mass is 16.5. The van der Waals surface area contributed by atoms with Gasteiger partial charge in [0, 0.05) is 5.69 Å². The number of hydrogen-bond acceptors (Lipinski definition) is 5. The molecule has 0 fully saturated rings. The van der Waals surface area contributed by atoms with Gasteiger partial charge in [-0.1, -0.05) is 19.1 Å². The second-order valence-corrected chi connectivity index (χ2v) is 4.42. The lowest BCUT2D eigenvalue weighted by atomic mass is 10.1. The van der Waals surface area contributed by atoms with Crippen LogP contribution in [-0.4, -0.2) is 33.9 Å². The average Bonchev–Trinajstić information content (AvgIpc) is 2.98. The van der Waals surface area contributed by atoms with Crippen LogP contribution in [-0.2, 0) is 16.1 Å². The average molecular weight is 274 g/mol. The molecule has 0 aliphatic rings. The van der Waals surface area contributed by atoms with Crippen LogP contribution < -0.4 is 5.32 Å². The molecule has 2 aromatic rings. The molecule has 0 bridgehead atoms. The molecule has 1 heterocycles. The molecular formula is C14H18N4O2. The maximum absolute atomic E-state index is 11.5. The molecule has 6 heteroatoms. The zero-order valence-corrected chi connectivity index (χ0v) is 11.6. The smallest absolute Gasteiger partial charge is 0.328 e. The zero-order valence-electron chi connectivity index (χ0n) is 11.6. The molecule has 0 aliphatic heterocycles. The molecule has 2 rings (SSSR count). The van der Waals surface area contributed by atoms with Gasteiger partial charge in [0.15, 0.2) is 0 Å². The van der Waals surface area contributed by atoms with Crippen LogP contribution in [0.3, 0.4) is 0 Å². The van der Waals surface area contributed by atoms with Crippen LogP contribution in [0, 0.1) is 0 Å². The normalized spacial score (nSPS) is 11.9. The highest BCUT2D eigenvalue weighted by Gasteiger charge is 2.16. The molecule has 6 nitrogen and oxygen atoms in total. The summed E-state index contributed by atoms with van der Waals surface area (Å²) < 4.78 is 6.51. The van der Waals surface area contributed by atoms with Crippen LogP contribution in [0.25, 0.3) is 0 Å². The predicted octanol–water partition coefficient (Wildman–Crippen LogP) is 1.69. The Kier molecular flexibility index (Phi) is 4.70. The van der Waals surface area contributed by atoms with Gasteiger partial charge in [0.05, 0.1) is 13.7 Å². The standard InChI is InChI=1S/C14H18N4O2/c1-3-13(14(19)20-2)17-12-6-4-11(5-7-12)8-18-10-15-9-16-18/h4-7,9-10,13,17H,3,8H2,1-2H3/t13-/m1/s1. The van der Waals surface area contributed by atoms with Crippen molar-refractivity contribution in [2.45, 2.75) is 25.9 Å². The van der Waals surface area contributed by atoms with Crippen LogP contribution in [0.15, 0.2) is 36.9 Å². The minimum absolute atomic E-state index is 0.251. The summed E-state index contributed by atoms with van der Waals surface area (Å²) in [5.41, 5.74) is 2.01. The van der Waals surface area contributed by atoms with Gasteiger partial charge in [0.2, 0.25) is 0 Å². The van der Waals surface area contributed by atoms with E-state index in [0.29, 0.717) is 13.0 Å². The molecule has 1 aromatic heterocycles. The van der Waals surface area contributed by atoms with Crippen molar-refractivity contribution in [1.82, 2.24) is 14.8 Å². The van der Waals surface area contributed by atoms with Crippen molar-refractivity contribution in [2.24, 2.45) is 0 Å². The summed E-state index contributed by atoms with van der Waals surface area (Å²) in [5, 5.41) is 7.21. The second kappa shape index (κ2) is 6.70. The molecule has 0 radical (unpaired) electrons. The molecule has 0 unspecified atom stereocenters. The van der Waals surface area contributed by atoms with E-state index in [-0.39, 0.29) is 12.0 Å². The third-order valence-corrected chi connectivity index (χ3v) is 3.00. The fraction of sp³-hybridized carbons (Fsp3) is 0.357. The first-order valence-corrected chi connectivity index (χ1v) is 6.48. The summed E-state index contributed by atoms with van der Waals surface area (Å²) in [7, 11) is 1.40. The van der Waals surface area contributed by atoms with Crippen LogP contribution in [0.4, 0.5) is 5.69 Å². The van der Waals surface area contributed by atoms with Crippen molar-refractivity contribution in [3.8, 4) is 0 Å². The molecule has 20 heavy (non-hydrogen) atoms. The highest BCUT2D eigenvalue weighted by Crippen LogP contribution is 2.13. The molecule has 0 amide bonds. The van der Waals surface area contributed by atoms with E-state index in [9.17, 15) is 4.79 Å². The van der Waals surface area contributed by atoms with Crippen LogP contribution >= 0.6 is 0 Å². The molecule has 106 valence electrons. The Labute approximate surface area is 117 Å². The number of carbonyl (C=O) groups is 1. The van der Waals surface area contributed by atoms with Crippen molar-refractivity contribution in [3.05, 3.63) is 42.5 Å². The number of benzene rings is 1. The topological polar surface area (TPSA) is 69.0 Å². The van der Waals surface area contributed by atoms with Gasteiger partial charge in [0.1, 0.15) is 18.7 Å². The number of nitrogens with one attached hydrogen (secondary N) is 1. The van der Waals surface area contributed by atoms with E-state index < -0.39 is 0 Å². The number of hydrogen-bond donors (Lipinski definition) is 1. The van der Waals surface area contributed by atoms with Crippen molar-refractivity contribution < 1.29 is 9.53 Å². The first kappa shape index (κ1) is 14.0. The fourth-order valence-electron chi connectivity index (χ4n) is 1.88. The third kappa shape index (κ3) is 3.57. The van der Waals surface area contributed by atoms with Gasteiger partial charge in [-0.2, -0.15) is 5.10 Å². The van der Waals surface area contributed by atoms with Crippen LogP contribution in [0.1, 0.15) is 18.9 Å². The van der Waals surface area contributed by atoms with E-state index in [4.69, 9.17) is 4.74 Å². The summed E-state index contributed by atoms with van der Waals surface area (Å²) >= 11 is 0. The number of carbonyl (C=O) groups excluding carboxylic acids is 1. The van der Waals surface area contributed by atoms with Gasteiger partial charge in [-0.05, 0) is 24.1 Å². The van der Waals surface area contributed by atoms with E-state index in [0.717, 1.165) is 11.3 Å². The van der Waals surface area contributed by atoms with Crippen molar-refractivity contribution in [3.63, 3.8) is 0 Å². The summed E-state index contributed by atoms with van der Waals surface area (Å²) in [5.74, 6) is -0.251. The summed E-state index contributed by atoms with van der Waals surface area (Å²) in [4.78, 5) is 15.4. The Morgan fingerprint density at radius 1 is 1.40 bits per heavy atom. The number of esters is 1. The number of rotatable bonds is 6. The minimum Gasteiger partial charge on any atom is -0.467 e. The lowest BCUT2D eigenvalue weighted by Gasteiger charge is -2.16. The van der Waals surface area contributed by atoms with E-state index in [2.05, 4.69) is 15.4 Å². The SMILES string of the molecule is CC[C@@H](Nc1ccc(Cn2cncn2)cc1)C(=O)OC. The number of methoxy groups -OCH3 is 1. The van der Waals surface area contributed by atoms with Gasteiger partial charge in [-0.3, -0.25) is 0 Å². The lowest BCUT2D eigenvalue weighted by Crippen LogP contribution is -2.29. The van der Waals surface area contributed by atoms with E-state index in [1.54, 1.807) is 11.0 Å². The summed E-state index contributed by atoms with van der Waals surface area (Å²) in [6.45, 7) is 2.61. The zero-order chi connectivity index (χ0) is 14.4. The largest absolute Gasteiger partial charge is 0.467 e. The van der Waals surface area contributed by atoms with Crippen molar-refractivity contribution in [1.29, 1.82) is 0 Å². The monoisotopic (exact) mass is 274 g/mol. The van der Waals surface area contributed by atoms with Crippen molar-refractivity contribution in [2.75, 3.05) is 12.4 Å². The molecular weight excluding hydrogens is 256 g/mol. The first-order valence-electron chi connectivity index (χ1n) is 6.48. The quantitative estimate of drug-likeness (QED) is 0.812. The lowest BCUT2D eigenvalue weighted by molar-refractivity contribution is -0.141. The Morgan fingerprint density at radius 2 is 2.15 bits per heavy atom. The fourth-order valence-corrected chi connectivity index (χ4v) is 1.88. The number of ether oxygens (including phenoxy) is 1. The molecule has 1 atom stereocenters. The molecule has 1 aromatic carbocycles. The van der Waals surface area contributed by atoms with Gasteiger partial charge in [-0.25, -0.2) is 14.5 Å². The van der Waals surface area contributed by atoms with E-state index in [1.807, 2.05) is 31.2 Å². The Hall–Kier alpha value is -2.37. The Bertz CT molecular complexity index is 537. The predicted molar refractivity (Wildman–Crippen MR) is 75.3 cm³/mol. The Morgan fingerprint density at radius 3 is 2.70 bits per heavy atom. The van der Waals surface area contributed by atoms with Gasteiger partial charge in [-0.15, -0.1) is 0 Å². The first-order chi connectivity index (χ1) is 9.72. The van der Waals surface area contributed by atoms with E-state index in [1.165, 1.54) is 13.4 Å². The van der Waals surface area contributed by atoms with Crippen LogP contribution in [0.5, 0.6) is 0 Å². The molecule has 1 N–H and O–H groups in total. The molecule has 0 saturated heterocycles. The van der Waals surface area contributed by atoms with Crippen molar-refractivity contribution >= 4 is 11.7 Å². The summed E-state index contributed by atoms with van der Waals surface area (Å²) in [6.07, 6.45) is 3.86. The van der Waals surface area contributed by atoms with Gasteiger partial charge in [0.25, 0.3) is 0 Å².